The van der Waals surface area contributed by atoms with Crippen LogP contribution in [0.2, 0.25) is 0 Å². The fourth-order valence-electron chi connectivity index (χ4n) is 1.77. The molecule has 4 nitrogen and oxygen atoms in total. The van der Waals surface area contributed by atoms with Crippen molar-refractivity contribution in [2.75, 3.05) is 11.9 Å². The van der Waals surface area contributed by atoms with Crippen LogP contribution < -0.4 is 16.8 Å². The Morgan fingerprint density at radius 3 is 2.78 bits per heavy atom. The van der Waals surface area contributed by atoms with Crippen LogP contribution in [0, 0.1) is 0 Å². The molecular formula is C13H20BrN3O. The molecule has 1 aromatic carbocycles. The number of primary amides is 1. The van der Waals surface area contributed by atoms with Gasteiger partial charge in [0.2, 0.25) is 0 Å². The molecule has 1 aromatic rings. The Morgan fingerprint density at radius 1 is 1.50 bits per heavy atom. The zero-order valence-electron chi connectivity index (χ0n) is 10.6. The van der Waals surface area contributed by atoms with Gasteiger partial charge in [0.05, 0.1) is 5.56 Å². The Balaban J connectivity index is 2.84. The quantitative estimate of drug-likeness (QED) is 0.723. The Labute approximate surface area is 116 Å². The lowest BCUT2D eigenvalue weighted by Crippen LogP contribution is -2.30. The number of unbranched alkanes of at least 4 members (excludes halogenated alkanes) is 1. The average Bonchev–Trinajstić information content (AvgIpc) is 2.35. The molecule has 0 fully saturated rings. The van der Waals surface area contributed by atoms with Gasteiger partial charge >= 0.3 is 0 Å². The first-order chi connectivity index (χ1) is 8.58. The van der Waals surface area contributed by atoms with Crippen LogP contribution >= 0.6 is 15.9 Å². The van der Waals surface area contributed by atoms with Gasteiger partial charge in [-0.15, -0.1) is 0 Å². The summed E-state index contributed by atoms with van der Waals surface area (Å²) < 4.78 is 0.833. The van der Waals surface area contributed by atoms with Gasteiger partial charge in [-0.2, -0.15) is 0 Å². The predicted octanol–water partition coefficient (Wildman–Crippen LogP) is 2.48. The third kappa shape index (κ3) is 4.31. The van der Waals surface area contributed by atoms with Crippen LogP contribution in [0.3, 0.4) is 0 Å². The van der Waals surface area contributed by atoms with Crippen molar-refractivity contribution in [1.29, 1.82) is 0 Å². The number of nitrogens with two attached hydrogens (primary N) is 2. The van der Waals surface area contributed by atoms with E-state index in [-0.39, 0.29) is 6.04 Å². The minimum Gasteiger partial charge on any atom is -0.380 e. The average molecular weight is 314 g/mol. The molecule has 0 bridgehead atoms. The summed E-state index contributed by atoms with van der Waals surface area (Å²) in [5.41, 5.74) is 12.3. The highest BCUT2D eigenvalue weighted by Gasteiger charge is 2.12. The van der Waals surface area contributed by atoms with Crippen molar-refractivity contribution < 1.29 is 4.79 Å². The van der Waals surface area contributed by atoms with E-state index in [2.05, 4.69) is 28.2 Å². The SMILES string of the molecule is CCCCC(CN)Nc1ccc(Br)cc1C(N)=O. The molecule has 1 atom stereocenters. The Hall–Kier alpha value is -1.07. The summed E-state index contributed by atoms with van der Waals surface area (Å²) in [6, 6.07) is 5.61. The van der Waals surface area contributed by atoms with Crippen LogP contribution in [-0.4, -0.2) is 18.5 Å². The van der Waals surface area contributed by atoms with Crippen molar-refractivity contribution >= 4 is 27.5 Å². The van der Waals surface area contributed by atoms with E-state index in [0.717, 1.165) is 29.4 Å². The number of benzene rings is 1. The molecule has 0 spiro atoms. The fraction of sp³-hybridized carbons (Fsp3) is 0.462. The first-order valence-electron chi connectivity index (χ1n) is 6.14. The number of carbonyl (C=O) groups excluding carboxylic acids is 1. The summed E-state index contributed by atoms with van der Waals surface area (Å²) in [7, 11) is 0. The number of amides is 1. The number of carbonyl (C=O) groups is 1. The van der Waals surface area contributed by atoms with Gasteiger partial charge in [0.25, 0.3) is 5.91 Å². The van der Waals surface area contributed by atoms with Gasteiger partial charge in [-0.1, -0.05) is 35.7 Å². The molecule has 18 heavy (non-hydrogen) atoms. The monoisotopic (exact) mass is 313 g/mol. The summed E-state index contributed by atoms with van der Waals surface area (Å²) in [6.07, 6.45) is 3.22. The fourth-order valence-corrected chi connectivity index (χ4v) is 2.13. The summed E-state index contributed by atoms with van der Waals surface area (Å²) >= 11 is 3.33. The summed E-state index contributed by atoms with van der Waals surface area (Å²) in [4.78, 5) is 11.4. The van der Waals surface area contributed by atoms with Gasteiger partial charge in [-0.05, 0) is 24.6 Å². The molecule has 0 heterocycles. The second kappa shape index (κ2) is 7.38. The lowest BCUT2D eigenvalue weighted by atomic mass is 10.1. The topological polar surface area (TPSA) is 81.1 Å². The van der Waals surface area contributed by atoms with Crippen molar-refractivity contribution in [1.82, 2.24) is 0 Å². The van der Waals surface area contributed by atoms with Gasteiger partial charge in [0.1, 0.15) is 0 Å². The summed E-state index contributed by atoms with van der Waals surface area (Å²) in [5.74, 6) is -0.440. The first kappa shape index (κ1) is 15.0. The normalized spacial score (nSPS) is 12.2. The largest absolute Gasteiger partial charge is 0.380 e. The molecule has 100 valence electrons. The molecule has 0 radical (unpaired) electrons. The van der Waals surface area contributed by atoms with Crippen molar-refractivity contribution in [2.24, 2.45) is 11.5 Å². The van der Waals surface area contributed by atoms with Crippen LogP contribution in [0.1, 0.15) is 36.5 Å². The third-order valence-corrected chi connectivity index (χ3v) is 3.29. The zero-order valence-corrected chi connectivity index (χ0v) is 12.2. The van der Waals surface area contributed by atoms with Gasteiger partial charge in [-0.3, -0.25) is 4.79 Å². The second-order valence-electron chi connectivity index (χ2n) is 4.27. The maximum Gasteiger partial charge on any atom is 0.250 e. The molecule has 0 saturated heterocycles. The van der Waals surface area contributed by atoms with Crippen molar-refractivity contribution in [2.45, 2.75) is 32.2 Å². The van der Waals surface area contributed by atoms with E-state index in [0.29, 0.717) is 12.1 Å². The number of hydrogen-bond acceptors (Lipinski definition) is 3. The lowest BCUT2D eigenvalue weighted by molar-refractivity contribution is 0.100. The maximum absolute atomic E-state index is 11.4. The van der Waals surface area contributed by atoms with E-state index in [1.807, 2.05) is 12.1 Å². The maximum atomic E-state index is 11.4. The number of rotatable bonds is 7. The van der Waals surface area contributed by atoms with Crippen LogP contribution in [0.15, 0.2) is 22.7 Å². The summed E-state index contributed by atoms with van der Waals surface area (Å²) in [5, 5.41) is 3.29. The molecule has 5 N–H and O–H groups in total. The second-order valence-corrected chi connectivity index (χ2v) is 5.19. The van der Waals surface area contributed by atoms with Crippen molar-refractivity contribution in [3.63, 3.8) is 0 Å². The van der Waals surface area contributed by atoms with Crippen molar-refractivity contribution in [3.05, 3.63) is 28.2 Å². The van der Waals surface area contributed by atoms with Gasteiger partial charge in [0.15, 0.2) is 0 Å². The van der Waals surface area contributed by atoms with E-state index in [9.17, 15) is 4.79 Å². The van der Waals surface area contributed by atoms with Crippen molar-refractivity contribution in [3.8, 4) is 0 Å². The molecule has 0 aromatic heterocycles. The lowest BCUT2D eigenvalue weighted by Gasteiger charge is -2.19. The molecule has 1 rings (SSSR count). The first-order valence-corrected chi connectivity index (χ1v) is 6.93. The molecule has 5 heteroatoms. The number of anilines is 1. The zero-order chi connectivity index (χ0) is 13.5. The van der Waals surface area contributed by atoms with E-state index in [1.54, 1.807) is 6.07 Å². The highest BCUT2D eigenvalue weighted by molar-refractivity contribution is 9.10. The van der Waals surface area contributed by atoms with Crippen LogP contribution in [-0.2, 0) is 0 Å². The molecule has 1 unspecified atom stereocenters. The van der Waals surface area contributed by atoms with E-state index < -0.39 is 5.91 Å². The highest BCUT2D eigenvalue weighted by atomic mass is 79.9. The third-order valence-electron chi connectivity index (χ3n) is 2.80. The molecular weight excluding hydrogens is 294 g/mol. The Kier molecular flexibility index (Phi) is 6.15. The smallest absolute Gasteiger partial charge is 0.250 e. The summed E-state index contributed by atoms with van der Waals surface area (Å²) in [6.45, 7) is 2.68. The van der Waals surface area contributed by atoms with Gasteiger partial charge in [0, 0.05) is 22.7 Å². The van der Waals surface area contributed by atoms with E-state index >= 15 is 0 Å². The predicted molar refractivity (Wildman–Crippen MR) is 78.7 cm³/mol. The van der Waals surface area contributed by atoms with E-state index in [4.69, 9.17) is 11.5 Å². The van der Waals surface area contributed by atoms with Crippen LogP contribution in [0.5, 0.6) is 0 Å². The van der Waals surface area contributed by atoms with Crippen LogP contribution in [0.25, 0.3) is 0 Å². The van der Waals surface area contributed by atoms with Gasteiger partial charge in [-0.25, -0.2) is 0 Å². The Bertz CT molecular complexity index is 409. The highest BCUT2D eigenvalue weighted by Crippen LogP contribution is 2.22. The number of hydrogen-bond donors (Lipinski definition) is 3. The molecule has 0 saturated carbocycles. The van der Waals surface area contributed by atoms with Gasteiger partial charge < -0.3 is 16.8 Å². The molecule has 0 aliphatic rings. The number of nitrogens with one attached hydrogen (secondary N) is 1. The van der Waals surface area contributed by atoms with Crippen LogP contribution in [0.4, 0.5) is 5.69 Å². The molecule has 1 amide bonds. The Morgan fingerprint density at radius 2 is 2.22 bits per heavy atom. The molecule has 0 aliphatic heterocycles. The standard InChI is InChI=1S/C13H20BrN3O/c1-2-3-4-10(8-15)17-12-6-5-9(14)7-11(12)13(16)18/h5-7,10,17H,2-4,8,15H2,1H3,(H2,16,18). The number of halogens is 1. The van der Waals surface area contributed by atoms with E-state index in [1.165, 1.54) is 0 Å². The minimum atomic E-state index is -0.440. The minimum absolute atomic E-state index is 0.171. The molecule has 0 aliphatic carbocycles.